The lowest BCUT2D eigenvalue weighted by molar-refractivity contribution is -0.133. The van der Waals surface area contributed by atoms with Crippen molar-refractivity contribution in [3.05, 3.63) is 126 Å². The molecule has 6 nitrogen and oxygen atoms in total. The number of amides is 1. The number of Topliss-reactive ketones (excluding diaryl/α,β-unsaturated/α-hetero) is 2. The van der Waals surface area contributed by atoms with Gasteiger partial charge in [-0.1, -0.05) is 56.3 Å². The van der Waals surface area contributed by atoms with E-state index in [2.05, 4.69) is 10.3 Å². The lowest BCUT2D eigenvalue weighted by Gasteiger charge is -2.26. The molecule has 1 aromatic heterocycles. The van der Waals surface area contributed by atoms with Crippen molar-refractivity contribution in [2.45, 2.75) is 26.4 Å². The van der Waals surface area contributed by atoms with E-state index in [1.165, 1.54) is 36.7 Å². The van der Waals surface area contributed by atoms with Crippen LogP contribution in [0.25, 0.3) is 0 Å². The number of halogens is 1. The van der Waals surface area contributed by atoms with E-state index in [4.69, 9.17) is 4.74 Å². The number of benzene rings is 3. The number of pyridine rings is 1. The fraction of sp³-hybridized carbons (Fsp3) is 0.188. The number of carbonyl (C=O) groups is 3. The zero-order valence-electron chi connectivity index (χ0n) is 21.7. The molecular weight excluding hydrogens is 495 g/mol. The molecule has 4 rings (SSSR count). The summed E-state index contributed by atoms with van der Waals surface area (Å²) in [6, 6.07) is 24.8. The maximum absolute atomic E-state index is 13.9. The first-order valence-electron chi connectivity index (χ1n) is 12.6. The van der Waals surface area contributed by atoms with Crippen LogP contribution in [0.2, 0.25) is 0 Å². The minimum atomic E-state index is -1.35. The smallest absolute Gasteiger partial charge is 0.236 e. The van der Waals surface area contributed by atoms with Crippen LogP contribution < -0.4 is 10.1 Å². The first-order valence-corrected chi connectivity index (χ1v) is 12.6. The maximum Gasteiger partial charge on any atom is 0.236 e. The van der Waals surface area contributed by atoms with Crippen molar-refractivity contribution in [1.82, 2.24) is 4.98 Å². The third-order valence-corrected chi connectivity index (χ3v) is 6.35. The second-order valence-electron chi connectivity index (χ2n) is 9.42. The quantitative estimate of drug-likeness (QED) is 0.185. The molecule has 3 aromatic carbocycles. The Balaban J connectivity index is 1.69. The average molecular weight is 525 g/mol. The van der Waals surface area contributed by atoms with Gasteiger partial charge in [0.25, 0.3) is 0 Å². The maximum atomic E-state index is 13.9. The Bertz CT molecular complexity index is 1420. The van der Waals surface area contributed by atoms with E-state index in [9.17, 15) is 18.8 Å². The SMILES string of the molecule is CC(C)C(=O)C(C(=O)Nc1ccccc1OCc1ccccc1)C(C(=O)c1ccc(F)cc1)c1ccncc1. The number of para-hydroxylation sites is 2. The largest absolute Gasteiger partial charge is 0.487 e. The number of ketones is 2. The van der Waals surface area contributed by atoms with Crippen LogP contribution in [-0.4, -0.2) is 22.5 Å². The molecule has 0 spiro atoms. The van der Waals surface area contributed by atoms with E-state index in [-0.39, 0.29) is 12.2 Å². The summed E-state index contributed by atoms with van der Waals surface area (Å²) in [5.74, 6) is -4.60. The highest BCUT2D eigenvalue weighted by Gasteiger charge is 2.41. The van der Waals surface area contributed by atoms with Crippen LogP contribution in [0.4, 0.5) is 10.1 Å². The van der Waals surface area contributed by atoms with Gasteiger partial charge in [0.05, 0.1) is 11.6 Å². The highest BCUT2D eigenvalue weighted by atomic mass is 19.1. The monoisotopic (exact) mass is 524 g/mol. The van der Waals surface area contributed by atoms with Gasteiger partial charge < -0.3 is 10.1 Å². The molecule has 1 N–H and O–H groups in total. The molecule has 39 heavy (non-hydrogen) atoms. The zero-order valence-corrected chi connectivity index (χ0v) is 21.7. The molecule has 2 unspecified atom stereocenters. The molecule has 0 radical (unpaired) electrons. The van der Waals surface area contributed by atoms with Gasteiger partial charge in [-0.3, -0.25) is 19.4 Å². The van der Waals surface area contributed by atoms with E-state index in [0.717, 1.165) is 5.56 Å². The van der Waals surface area contributed by atoms with Crippen molar-refractivity contribution in [3.63, 3.8) is 0 Å². The lowest BCUT2D eigenvalue weighted by Crippen LogP contribution is -2.40. The Morgan fingerprint density at radius 2 is 1.49 bits per heavy atom. The summed E-state index contributed by atoms with van der Waals surface area (Å²) in [6.07, 6.45) is 3.00. The van der Waals surface area contributed by atoms with Gasteiger partial charge in [-0.15, -0.1) is 0 Å². The predicted octanol–water partition coefficient (Wildman–Crippen LogP) is 6.25. The molecule has 1 amide bonds. The van der Waals surface area contributed by atoms with E-state index in [1.807, 2.05) is 30.3 Å². The Labute approximate surface area is 226 Å². The molecule has 7 heteroatoms. The summed E-state index contributed by atoms with van der Waals surface area (Å²) < 4.78 is 19.6. The summed E-state index contributed by atoms with van der Waals surface area (Å²) in [4.78, 5) is 45.3. The van der Waals surface area contributed by atoms with Crippen molar-refractivity contribution in [2.75, 3.05) is 5.32 Å². The fourth-order valence-electron chi connectivity index (χ4n) is 4.31. The van der Waals surface area contributed by atoms with Gasteiger partial charge in [0.2, 0.25) is 5.91 Å². The Morgan fingerprint density at radius 1 is 0.846 bits per heavy atom. The second-order valence-corrected chi connectivity index (χ2v) is 9.42. The van der Waals surface area contributed by atoms with E-state index >= 15 is 0 Å². The van der Waals surface area contributed by atoms with Crippen LogP contribution >= 0.6 is 0 Å². The van der Waals surface area contributed by atoms with Gasteiger partial charge in [-0.05, 0) is 59.7 Å². The summed E-state index contributed by atoms with van der Waals surface area (Å²) in [6.45, 7) is 3.65. The van der Waals surface area contributed by atoms with Gasteiger partial charge in [-0.25, -0.2) is 4.39 Å². The van der Waals surface area contributed by atoms with Gasteiger partial charge >= 0.3 is 0 Å². The minimum Gasteiger partial charge on any atom is -0.487 e. The van der Waals surface area contributed by atoms with E-state index < -0.39 is 41.0 Å². The molecule has 0 saturated heterocycles. The number of carbonyl (C=O) groups excluding carboxylic acids is 3. The van der Waals surface area contributed by atoms with Crippen LogP contribution in [0.15, 0.2) is 103 Å². The van der Waals surface area contributed by atoms with Crippen molar-refractivity contribution in [2.24, 2.45) is 11.8 Å². The zero-order chi connectivity index (χ0) is 27.8. The van der Waals surface area contributed by atoms with Crippen molar-refractivity contribution in [1.29, 1.82) is 0 Å². The fourth-order valence-corrected chi connectivity index (χ4v) is 4.31. The van der Waals surface area contributed by atoms with Gasteiger partial charge in [0, 0.05) is 23.9 Å². The first kappa shape index (κ1) is 27.4. The molecule has 2 atom stereocenters. The molecule has 1 heterocycles. The van der Waals surface area contributed by atoms with Crippen molar-refractivity contribution >= 4 is 23.2 Å². The number of aromatic nitrogens is 1. The van der Waals surface area contributed by atoms with Gasteiger partial charge in [-0.2, -0.15) is 0 Å². The number of ether oxygens (including phenoxy) is 1. The highest BCUT2D eigenvalue weighted by Crippen LogP contribution is 2.34. The third kappa shape index (κ3) is 6.82. The van der Waals surface area contributed by atoms with E-state index in [1.54, 1.807) is 50.2 Å². The standard InChI is InChI=1S/C32H29FN2O4/c1-21(2)30(36)29(28(23-16-18-34-19-17-23)31(37)24-12-14-25(33)15-13-24)32(38)35-26-10-6-7-11-27(26)39-20-22-8-4-3-5-9-22/h3-19,21,28-29H,20H2,1-2H3,(H,35,38). The van der Waals surface area contributed by atoms with Crippen LogP contribution in [0.3, 0.4) is 0 Å². The summed E-state index contributed by atoms with van der Waals surface area (Å²) in [5.41, 5.74) is 1.98. The summed E-state index contributed by atoms with van der Waals surface area (Å²) in [7, 11) is 0. The van der Waals surface area contributed by atoms with Gasteiger partial charge in [0.1, 0.15) is 29.9 Å². The number of anilines is 1. The van der Waals surface area contributed by atoms with Crippen molar-refractivity contribution in [3.8, 4) is 5.75 Å². The van der Waals surface area contributed by atoms with Crippen LogP contribution in [0.1, 0.15) is 41.3 Å². The first-order chi connectivity index (χ1) is 18.8. The third-order valence-electron chi connectivity index (χ3n) is 6.35. The Hall–Kier alpha value is -4.65. The van der Waals surface area contributed by atoms with Crippen LogP contribution in [0.5, 0.6) is 5.75 Å². The molecular formula is C32H29FN2O4. The number of hydrogen-bond acceptors (Lipinski definition) is 5. The molecule has 0 aliphatic carbocycles. The van der Waals surface area contributed by atoms with E-state index in [0.29, 0.717) is 17.0 Å². The highest BCUT2D eigenvalue weighted by molar-refractivity contribution is 6.15. The van der Waals surface area contributed by atoms with Crippen LogP contribution in [-0.2, 0) is 16.2 Å². The minimum absolute atomic E-state index is 0.194. The number of rotatable bonds is 11. The van der Waals surface area contributed by atoms with Crippen LogP contribution in [0, 0.1) is 17.7 Å². The molecule has 0 bridgehead atoms. The van der Waals surface area contributed by atoms with Gasteiger partial charge in [0.15, 0.2) is 5.78 Å². The van der Waals surface area contributed by atoms with Crippen molar-refractivity contribution < 1.29 is 23.5 Å². The summed E-state index contributed by atoms with van der Waals surface area (Å²) >= 11 is 0. The number of hydrogen-bond donors (Lipinski definition) is 1. The lowest BCUT2D eigenvalue weighted by atomic mass is 9.76. The molecule has 0 aliphatic heterocycles. The molecule has 4 aromatic rings. The summed E-state index contributed by atoms with van der Waals surface area (Å²) in [5, 5.41) is 2.84. The second kappa shape index (κ2) is 12.7. The Kier molecular flexibility index (Phi) is 8.94. The Morgan fingerprint density at radius 3 is 2.15 bits per heavy atom. The molecule has 0 saturated carbocycles. The normalized spacial score (nSPS) is 12.4. The predicted molar refractivity (Wildman–Crippen MR) is 147 cm³/mol. The average Bonchev–Trinajstić information content (AvgIpc) is 2.96. The number of nitrogens with zero attached hydrogens (tertiary/aromatic N) is 1. The molecule has 0 aliphatic rings. The molecule has 198 valence electrons. The molecule has 0 fully saturated rings. The number of nitrogens with one attached hydrogen (secondary N) is 1. The topological polar surface area (TPSA) is 85.4 Å².